The van der Waals surface area contributed by atoms with Gasteiger partial charge in [-0.05, 0) is 48.4 Å². The third kappa shape index (κ3) is 7.41. The Bertz CT molecular complexity index is 1220. The first-order valence-corrected chi connectivity index (χ1v) is 12.4. The van der Waals surface area contributed by atoms with E-state index in [9.17, 15) is 23.1 Å². The van der Waals surface area contributed by atoms with Crippen LogP contribution in [0.15, 0.2) is 72.8 Å². The van der Waals surface area contributed by atoms with E-state index in [1.54, 1.807) is 19.2 Å². The molecule has 3 aromatic rings. The van der Waals surface area contributed by atoms with Gasteiger partial charge in [-0.25, -0.2) is 0 Å². The van der Waals surface area contributed by atoms with Crippen molar-refractivity contribution in [2.75, 3.05) is 26.8 Å². The Hall–Kier alpha value is -3.72. The van der Waals surface area contributed by atoms with Gasteiger partial charge in [-0.2, -0.15) is 13.2 Å². The molecule has 3 aromatic carbocycles. The highest BCUT2D eigenvalue weighted by Crippen LogP contribution is 2.32. The molecular weight excluding hydrogens is 497 g/mol. The third-order valence-corrected chi connectivity index (χ3v) is 6.62. The maximum absolute atomic E-state index is 13.2. The Morgan fingerprint density at radius 2 is 1.82 bits per heavy atom. The third-order valence-electron chi connectivity index (χ3n) is 6.62. The van der Waals surface area contributed by atoms with Crippen LogP contribution in [0.3, 0.4) is 0 Å². The zero-order valence-corrected chi connectivity index (χ0v) is 21.1. The minimum Gasteiger partial charge on any atom is -0.508 e. The Balaban J connectivity index is 1.44. The number of methoxy groups -OCH3 is 1. The summed E-state index contributed by atoms with van der Waals surface area (Å²) in [5.74, 6) is 0.511. The summed E-state index contributed by atoms with van der Waals surface area (Å²) < 4.78 is 50.4. The van der Waals surface area contributed by atoms with Crippen LogP contribution in [0.25, 0.3) is 0 Å². The summed E-state index contributed by atoms with van der Waals surface area (Å²) in [6.07, 6.45) is -3.90. The van der Waals surface area contributed by atoms with Gasteiger partial charge in [0, 0.05) is 37.7 Å². The average Bonchev–Trinajstić information content (AvgIpc) is 2.91. The van der Waals surface area contributed by atoms with Crippen molar-refractivity contribution in [3.8, 4) is 17.2 Å². The number of alkyl halides is 3. The zero-order chi connectivity index (χ0) is 27.1. The Morgan fingerprint density at radius 3 is 2.55 bits per heavy atom. The lowest BCUT2D eigenvalue weighted by molar-refractivity contribution is -0.137. The molecule has 9 heteroatoms. The number of rotatable bonds is 9. The zero-order valence-electron chi connectivity index (χ0n) is 21.1. The molecule has 1 saturated heterocycles. The molecule has 6 nitrogen and oxygen atoms in total. The average molecular weight is 529 g/mol. The fourth-order valence-electron chi connectivity index (χ4n) is 4.75. The van der Waals surface area contributed by atoms with Crippen LogP contribution in [0.2, 0.25) is 0 Å². The van der Waals surface area contributed by atoms with Gasteiger partial charge in [0.05, 0.1) is 25.2 Å². The molecule has 1 heterocycles. The fraction of sp³-hybridized carbons (Fsp3) is 0.345. The van der Waals surface area contributed by atoms with Crippen LogP contribution in [0.5, 0.6) is 17.2 Å². The van der Waals surface area contributed by atoms with Gasteiger partial charge in [0.15, 0.2) is 0 Å². The second kappa shape index (κ2) is 12.2. The largest absolute Gasteiger partial charge is 0.508 e. The molecule has 0 spiro atoms. The number of amides is 1. The molecule has 0 aromatic heterocycles. The van der Waals surface area contributed by atoms with Gasteiger partial charge >= 0.3 is 6.18 Å². The number of phenols is 1. The van der Waals surface area contributed by atoms with Crippen molar-refractivity contribution < 1.29 is 32.5 Å². The number of carbonyl (C=O) groups excluding carboxylic acids is 1. The molecule has 0 aliphatic carbocycles. The molecule has 0 unspecified atom stereocenters. The molecule has 2 atom stereocenters. The number of piperidine rings is 1. The van der Waals surface area contributed by atoms with Crippen molar-refractivity contribution in [2.45, 2.75) is 25.7 Å². The summed E-state index contributed by atoms with van der Waals surface area (Å²) in [7, 11) is 1.58. The predicted molar refractivity (Wildman–Crippen MR) is 137 cm³/mol. The van der Waals surface area contributed by atoms with E-state index in [4.69, 9.17) is 9.47 Å². The number of carbonyl (C=O) groups is 1. The molecule has 38 heavy (non-hydrogen) atoms. The Morgan fingerprint density at radius 1 is 1.05 bits per heavy atom. The summed E-state index contributed by atoms with van der Waals surface area (Å²) >= 11 is 0. The SMILES string of the molecule is COc1ccccc1CNC(=O)[C@@H]1C[C@H](COc2cccc(C(F)(F)F)c2)CN(Cc2ccc(O)cc2)C1. The second-order valence-corrected chi connectivity index (χ2v) is 9.53. The van der Waals surface area contributed by atoms with Crippen LogP contribution in [-0.4, -0.2) is 42.7 Å². The molecule has 202 valence electrons. The minimum atomic E-state index is -4.45. The van der Waals surface area contributed by atoms with Crippen LogP contribution in [-0.2, 0) is 24.1 Å². The van der Waals surface area contributed by atoms with Crippen LogP contribution in [0.1, 0.15) is 23.1 Å². The lowest BCUT2D eigenvalue weighted by Crippen LogP contribution is -2.47. The first-order valence-electron chi connectivity index (χ1n) is 12.4. The molecule has 1 fully saturated rings. The highest BCUT2D eigenvalue weighted by atomic mass is 19.4. The maximum atomic E-state index is 13.2. The number of hydrogen-bond acceptors (Lipinski definition) is 5. The van der Waals surface area contributed by atoms with E-state index in [1.165, 1.54) is 12.1 Å². The number of para-hydroxylation sites is 1. The van der Waals surface area contributed by atoms with Crippen molar-refractivity contribution in [3.05, 3.63) is 89.5 Å². The number of halogens is 3. The lowest BCUT2D eigenvalue weighted by Gasteiger charge is -2.37. The maximum Gasteiger partial charge on any atom is 0.416 e. The van der Waals surface area contributed by atoms with Gasteiger partial charge in [-0.1, -0.05) is 36.4 Å². The van der Waals surface area contributed by atoms with Crippen LogP contribution < -0.4 is 14.8 Å². The summed E-state index contributed by atoms with van der Waals surface area (Å²) in [6.45, 7) is 2.22. The van der Waals surface area contributed by atoms with Crippen molar-refractivity contribution in [3.63, 3.8) is 0 Å². The summed E-state index contributed by atoms with van der Waals surface area (Å²) in [4.78, 5) is 15.4. The van der Waals surface area contributed by atoms with Gasteiger partial charge in [-0.3, -0.25) is 9.69 Å². The van der Waals surface area contributed by atoms with Crippen molar-refractivity contribution >= 4 is 5.91 Å². The molecule has 0 bridgehead atoms. The molecule has 0 saturated carbocycles. The number of likely N-dealkylation sites (tertiary alicyclic amines) is 1. The highest BCUT2D eigenvalue weighted by Gasteiger charge is 2.33. The highest BCUT2D eigenvalue weighted by molar-refractivity contribution is 5.79. The minimum absolute atomic E-state index is 0.0718. The van der Waals surface area contributed by atoms with Gasteiger partial charge in [0.1, 0.15) is 17.2 Å². The number of benzene rings is 3. The summed E-state index contributed by atoms with van der Waals surface area (Å²) in [6, 6.07) is 19.2. The molecule has 1 aliphatic rings. The smallest absolute Gasteiger partial charge is 0.416 e. The van der Waals surface area contributed by atoms with Crippen molar-refractivity contribution in [1.82, 2.24) is 10.2 Å². The van der Waals surface area contributed by atoms with E-state index in [-0.39, 0.29) is 35.8 Å². The number of nitrogens with one attached hydrogen (secondary N) is 1. The molecule has 1 amide bonds. The van der Waals surface area contributed by atoms with Crippen molar-refractivity contribution in [1.29, 1.82) is 0 Å². The van der Waals surface area contributed by atoms with E-state index >= 15 is 0 Å². The predicted octanol–water partition coefficient (Wildman–Crippen LogP) is 5.25. The summed E-state index contributed by atoms with van der Waals surface area (Å²) in [5.41, 5.74) is 1.08. The van der Waals surface area contributed by atoms with E-state index in [1.807, 2.05) is 36.4 Å². The van der Waals surface area contributed by atoms with Crippen LogP contribution in [0, 0.1) is 11.8 Å². The van der Waals surface area contributed by atoms with Gasteiger partial charge in [-0.15, -0.1) is 0 Å². The lowest BCUT2D eigenvalue weighted by atomic mass is 9.88. The van der Waals surface area contributed by atoms with E-state index < -0.39 is 11.7 Å². The monoisotopic (exact) mass is 528 g/mol. The number of nitrogens with zero attached hydrogens (tertiary/aromatic N) is 1. The van der Waals surface area contributed by atoms with Crippen LogP contribution in [0.4, 0.5) is 13.2 Å². The standard InChI is InChI=1S/C29H31F3N2O4/c1-37-27-8-3-2-5-22(27)15-33-28(36)23-13-21(17-34(18-23)16-20-9-11-25(35)12-10-20)19-38-26-7-4-6-24(14-26)29(30,31)32/h2-12,14,21,23,35H,13,15-19H2,1H3,(H,33,36)/t21-,23+/m0/s1. The van der Waals surface area contributed by atoms with Gasteiger partial charge in [0.2, 0.25) is 5.91 Å². The molecule has 1 aliphatic heterocycles. The number of phenolic OH excluding ortho intramolecular Hbond substituents is 1. The van der Waals surface area contributed by atoms with Gasteiger partial charge in [0.25, 0.3) is 0 Å². The molecule has 2 N–H and O–H groups in total. The first kappa shape index (κ1) is 27.3. The first-order chi connectivity index (χ1) is 18.2. The topological polar surface area (TPSA) is 71.0 Å². The molecule has 4 rings (SSSR count). The van der Waals surface area contributed by atoms with E-state index in [0.29, 0.717) is 38.3 Å². The quantitative estimate of drug-likeness (QED) is 0.397. The normalized spacial score (nSPS) is 18.1. The molecule has 0 radical (unpaired) electrons. The fourth-order valence-corrected chi connectivity index (χ4v) is 4.75. The molecular formula is C29H31F3N2O4. The number of hydrogen-bond donors (Lipinski definition) is 2. The summed E-state index contributed by atoms with van der Waals surface area (Å²) in [5, 5.41) is 12.6. The Kier molecular flexibility index (Phi) is 8.78. The number of ether oxygens (including phenoxy) is 2. The van der Waals surface area contributed by atoms with Crippen molar-refractivity contribution in [2.24, 2.45) is 11.8 Å². The second-order valence-electron chi connectivity index (χ2n) is 9.53. The Labute approximate surface area is 220 Å². The van der Waals surface area contributed by atoms with Crippen LogP contribution >= 0.6 is 0 Å². The number of aromatic hydroxyl groups is 1. The van der Waals surface area contributed by atoms with E-state index in [0.717, 1.165) is 23.3 Å². The van der Waals surface area contributed by atoms with E-state index in [2.05, 4.69) is 10.2 Å². The van der Waals surface area contributed by atoms with Gasteiger partial charge < -0.3 is 19.9 Å².